The zero-order valence-electron chi connectivity index (χ0n) is 16.6. The van der Waals surface area contributed by atoms with Crippen molar-refractivity contribution in [2.75, 3.05) is 0 Å². The summed E-state index contributed by atoms with van der Waals surface area (Å²) in [7, 11) is 0. The maximum absolute atomic E-state index is 12.4. The van der Waals surface area contributed by atoms with E-state index in [9.17, 15) is 9.59 Å². The lowest BCUT2D eigenvalue weighted by atomic mass is 10.1. The number of para-hydroxylation sites is 2. The molecule has 4 rings (SSSR count). The number of amides is 2. The fourth-order valence-corrected chi connectivity index (χ4v) is 4.04. The summed E-state index contributed by atoms with van der Waals surface area (Å²) < 4.78 is 2.13. The summed E-state index contributed by atoms with van der Waals surface area (Å²) >= 11 is 1.39. The van der Waals surface area contributed by atoms with E-state index in [2.05, 4.69) is 38.4 Å². The second-order valence-electron chi connectivity index (χ2n) is 7.04. The summed E-state index contributed by atoms with van der Waals surface area (Å²) in [5, 5.41) is 5.69. The van der Waals surface area contributed by atoms with Gasteiger partial charge in [-0.15, -0.1) is 11.3 Å². The number of carbonyl (C=O) groups is 2. The van der Waals surface area contributed by atoms with Crippen LogP contribution in [0.25, 0.3) is 11.0 Å². The minimum atomic E-state index is -0.108. The van der Waals surface area contributed by atoms with Gasteiger partial charge in [0.1, 0.15) is 0 Å². The highest BCUT2D eigenvalue weighted by molar-refractivity contribution is 7.14. The Labute approximate surface area is 178 Å². The Morgan fingerprint density at radius 2 is 1.70 bits per heavy atom. The van der Waals surface area contributed by atoms with Gasteiger partial charge in [-0.1, -0.05) is 36.4 Å². The van der Waals surface area contributed by atoms with E-state index in [0.717, 1.165) is 28.0 Å². The monoisotopic (exact) mass is 418 g/mol. The number of fused-ring (bicyclic) bond motifs is 1. The summed E-state index contributed by atoms with van der Waals surface area (Å²) in [6.45, 7) is 3.14. The number of aromatic nitrogens is 2. The fraction of sp³-hybridized carbons (Fsp3) is 0.174. The van der Waals surface area contributed by atoms with Gasteiger partial charge in [-0.3, -0.25) is 9.59 Å². The molecule has 2 aromatic carbocycles. The highest BCUT2D eigenvalue weighted by Gasteiger charge is 2.09. The lowest BCUT2D eigenvalue weighted by Gasteiger charge is -2.07. The van der Waals surface area contributed by atoms with Crippen molar-refractivity contribution in [1.29, 1.82) is 0 Å². The SMILES string of the molecule is CC(=O)NCc1ccc(C(=O)NCc2ccc(Cn3cnc4ccccc43)cc2)s1. The van der Waals surface area contributed by atoms with E-state index >= 15 is 0 Å². The van der Waals surface area contributed by atoms with Gasteiger partial charge in [0.05, 0.1) is 28.8 Å². The molecule has 2 aromatic heterocycles. The van der Waals surface area contributed by atoms with Crippen LogP contribution in [-0.4, -0.2) is 21.4 Å². The van der Waals surface area contributed by atoms with Gasteiger partial charge in [0.2, 0.25) is 5.91 Å². The van der Waals surface area contributed by atoms with Crippen LogP contribution in [0.5, 0.6) is 0 Å². The lowest BCUT2D eigenvalue weighted by molar-refractivity contribution is -0.119. The Kier molecular flexibility index (Phi) is 5.90. The van der Waals surface area contributed by atoms with Crippen LogP contribution in [0.3, 0.4) is 0 Å². The lowest BCUT2D eigenvalue weighted by Crippen LogP contribution is -2.21. The average Bonchev–Trinajstić information content (AvgIpc) is 3.39. The molecule has 2 N–H and O–H groups in total. The number of hydrogen-bond donors (Lipinski definition) is 2. The second-order valence-corrected chi connectivity index (χ2v) is 8.20. The van der Waals surface area contributed by atoms with Crippen molar-refractivity contribution in [3.05, 3.63) is 87.9 Å². The smallest absolute Gasteiger partial charge is 0.261 e. The number of carbonyl (C=O) groups excluding carboxylic acids is 2. The van der Waals surface area contributed by atoms with Crippen LogP contribution in [0.4, 0.5) is 0 Å². The standard InChI is InChI=1S/C23H22N4O2S/c1-16(28)24-13-19-10-11-22(30-19)23(29)25-12-17-6-8-18(9-7-17)14-27-15-26-20-4-2-3-5-21(20)27/h2-11,15H,12-14H2,1H3,(H,24,28)(H,25,29). The molecule has 0 saturated carbocycles. The largest absolute Gasteiger partial charge is 0.351 e. The maximum atomic E-state index is 12.4. The van der Waals surface area contributed by atoms with Gasteiger partial charge < -0.3 is 15.2 Å². The molecule has 4 aromatic rings. The third-order valence-corrected chi connectivity index (χ3v) is 5.84. The molecule has 0 aliphatic carbocycles. The first-order valence-electron chi connectivity index (χ1n) is 9.67. The quantitative estimate of drug-likeness (QED) is 0.480. The molecule has 2 amide bonds. The van der Waals surface area contributed by atoms with Crippen LogP contribution in [0, 0.1) is 0 Å². The molecule has 0 radical (unpaired) electrons. The number of benzene rings is 2. The Balaban J connectivity index is 1.32. The van der Waals surface area contributed by atoms with E-state index in [1.54, 1.807) is 6.07 Å². The van der Waals surface area contributed by atoms with E-state index < -0.39 is 0 Å². The number of imidazole rings is 1. The number of thiophene rings is 1. The zero-order chi connectivity index (χ0) is 20.9. The van der Waals surface area contributed by atoms with Crippen molar-refractivity contribution < 1.29 is 9.59 Å². The number of hydrogen-bond acceptors (Lipinski definition) is 4. The topological polar surface area (TPSA) is 76.0 Å². The molecule has 7 heteroatoms. The van der Waals surface area contributed by atoms with Crippen LogP contribution >= 0.6 is 11.3 Å². The Morgan fingerprint density at radius 3 is 2.50 bits per heavy atom. The van der Waals surface area contributed by atoms with Crippen molar-refractivity contribution in [1.82, 2.24) is 20.2 Å². The molecular formula is C23H22N4O2S. The minimum Gasteiger partial charge on any atom is -0.351 e. The average molecular weight is 419 g/mol. The van der Waals surface area contributed by atoms with E-state index in [0.29, 0.717) is 18.0 Å². The summed E-state index contributed by atoms with van der Waals surface area (Å²) in [5.74, 6) is -0.192. The summed E-state index contributed by atoms with van der Waals surface area (Å²) in [5.41, 5.74) is 4.32. The Hall–Kier alpha value is -3.45. The predicted octanol–water partition coefficient (Wildman–Crippen LogP) is 3.71. The van der Waals surface area contributed by atoms with Crippen molar-refractivity contribution in [2.45, 2.75) is 26.6 Å². The molecule has 0 bridgehead atoms. The third kappa shape index (κ3) is 4.75. The van der Waals surface area contributed by atoms with Crippen LogP contribution in [-0.2, 0) is 24.4 Å². The highest BCUT2D eigenvalue weighted by Crippen LogP contribution is 2.17. The van der Waals surface area contributed by atoms with Gasteiger partial charge in [0, 0.05) is 24.9 Å². The summed E-state index contributed by atoms with van der Waals surface area (Å²) in [4.78, 5) is 29.4. The zero-order valence-corrected chi connectivity index (χ0v) is 17.4. The van der Waals surface area contributed by atoms with E-state index in [1.165, 1.54) is 23.8 Å². The molecule has 6 nitrogen and oxygen atoms in total. The Morgan fingerprint density at radius 1 is 0.933 bits per heavy atom. The Bertz CT molecular complexity index is 1180. The third-order valence-electron chi connectivity index (χ3n) is 4.75. The van der Waals surface area contributed by atoms with Gasteiger partial charge in [-0.25, -0.2) is 4.98 Å². The second kappa shape index (κ2) is 8.92. The minimum absolute atomic E-state index is 0.0842. The van der Waals surface area contributed by atoms with Crippen molar-refractivity contribution in [3.63, 3.8) is 0 Å². The van der Waals surface area contributed by atoms with Crippen molar-refractivity contribution >= 4 is 34.2 Å². The number of nitrogens with one attached hydrogen (secondary N) is 2. The van der Waals surface area contributed by atoms with Crippen LogP contribution in [0.1, 0.15) is 32.6 Å². The first-order chi connectivity index (χ1) is 14.6. The van der Waals surface area contributed by atoms with Gasteiger partial charge in [0.25, 0.3) is 5.91 Å². The molecule has 0 aliphatic heterocycles. The highest BCUT2D eigenvalue weighted by atomic mass is 32.1. The normalized spacial score (nSPS) is 10.8. The predicted molar refractivity (Wildman–Crippen MR) is 118 cm³/mol. The molecular weight excluding hydrogens is 396 g/mol. The first-order valence-corrected chi connectivity index (χ1v) is 10.5. The summed E-state index contributed by atoms with van der Waals surface area (Å²) in [6, 6.07) is 20.0. The summed E-state index contributed by atoms with van der Waals surface area (Å²) in [6.07, 6.45) is 1.86. The van der Waals surface area contributed by atoms with Gasteiger partial charge in [-0.2, -0.15) is 0 Å². The first kappa shape index (κ1) is 19.8. The van der Waals surface area contributed by atoms with Crippen molar-refractivity contribution in [3.8, 4) is 0 Å². The molecule has 0 aliphatic rings. The van der Waals surface area contributed by atoms with E-state index in [4.69, 9.17) is 0 Å². The molecule has 152 valence electrons. The van der Waals surface area contributed by atoms with E-state index in [-0.39, 0.29) is 11.8 Å². The van der Waals surface area contributed by atoms with Crippen LogP contribution in [0.2, 0.25) is 0 Å². The van der Waals surface area contributed by atoms with Crippen LogP contribution in [0.15, 0.2) is 67.0 Å². The van der Waals surface area contributed by atoms with E-state index in [1.807, 2.05) is 42.7 Å². The molecule has 0 unspecified atom stereocenters. The number of nitrogens with zero attached hydrogens (tertiary/aromatic N) is 2. The molecule has 30 heavy (non-hydrogen) atoms. The molecule has 0 spiro atoms. The number of rotatable bonds is 7. The maximum Gasteiger partial charge on any atom is 0.261 e. The fourth-order valence-electron chi connectivity index (χ4n) is 3.17. The van der Waals surface area contributed by atoms with Crippen molar-refractivity contribution in [2.24, 2.45) is 0 Å². The van der Waals surface area contributed by atoms with Gasteiger partial charge in [0.15, 0.2) is 0 Å². The molecule has 2 heterocycles. The molecule has 0 saturated heterocycles. The van der Waals surface area contributed by atoms with Gasteiger partial charge in [-0.05, 0) is 35.4 Å². The molecule has 0 atom stereocenters. The molecule has 0 fully saturated rings. The van der Waals surface area contributed by atoms with Gasteiger partial charge >= 0.3 is 0 Å². The van der Waals surface area contributed by atoms with Crippen LogP contribution < -0.4 is 10.6 Å².